The van der Waals surface area contributed by atoms with Gasteiger partial charge in [-0.25, -0.2) is 9.97 Å². The van der Waals surface area contributed by atoms with E-state index in [-0.39, 0.29) is 6.42 Å². The fourth-order valence-electron chi connectivity index (χ4n) is 1.68. The zero-order chi connectivity index (χ0) is 14.5. The van der Waals surface area contributed by atoms with Crippen LogP contribution in [0.25, 0.3) is 0 Å². The Balaban J connectivity index is 2.10. The molecule has 0 aliphatic rings. The Hall–Kier alpha value is -1.95. The minimum absolute atomic E-state index is 0.0286. The molecule has 20 heavy (non-hydrogen) atoms. The molecule has 2 rings (SSSR count). The molecule has 0 saturated heterocycles. The molecule has 0 atom stereocenters. The van der Waals surface area contributed by atoms with Crippen LogP contribution in [0.3, 0.4) is 0 Å². The lowest BCUT2D eigenvalue weighted by Crippen LogP contribution is -2.03. The number of hydrogen-bond donors (Lipinski definition) is 2. The van der Waals surface area contributed by atoms with Gasteiger partial charge in [-0.2, -0.15) is 0 Å². The molecule has 1 aromatic heterocycles. The lowest BCUT2D eigenvalue weighted by Gasteiger charge is -2.08. The number of nitrogens with one attached hydrogen (secondary N) is 1. The first-order valence-corrected chi connectivity index (χ1v) is 6.91. The normalized spacial score (nSPS) is 10.3. The van der Waals surface area contributed by atoms with Crippen molar-refractivity contribution in [2.45, 2.75) is 19.8 Å². The average molecular weight is 336 g/mol. The SMILES string of the molecule is Cc1cc(Nc2ccnc(CCC(=O)O)n2)ccc1Br. The molecule has 1 aromatic carbocycles. The van der Waals surface area contributed by atoms with Gasteiger partial charge in [0.15, 0.2) is 0 Å². The predicted molar refractivity (Wildman–Crippen MR) is 80.2 cm³/mol. The smallest absolute Gasteiger partial charge is 0.303 e. The van der Waals surface area contributed by atoms with Crippen molar-refractivity contribution in [3.8, 4) is 0 Å². The minimum Gasteiger partial charge on any atom is -0.481 e. The largest absolute Gasteiger partial charge is 0.481 e. The highest BCUT2D eigenvalue weighted by Crippen LogP contribution is 2.22. The van der Waals surface area contributed by atoms with Crippen molar-refractivity contribution < 1.29 is 9.90 Å². The minimum atomic E-state index is -0.851. The van der Waals surface area contributed by atoms with Crippen LogP contribution in [0, 0.1) is 6.92 Å². The molecule has 0 bridgehead atoms. The van der Waals surface area contributed by atoms with E-state index in [4.69, 9.17) is 5.11 Å². The molecule has 0 fully saturated rings. The van der Waals surface area contributed by atoms with E-state index in [1.807, 2.05) is 25.1 Å². The molecule has 104 valence electrons. The molecule has 0 spiro atoms. The van der Waals surface area contributed by atoms with Gasteiger partial charge >= 0.3 is 5.97 Å². The van der Waals surface area contributed by atoms with Crippen molar-refractivity contribution in [1.82, 2.24) is 9.97 Å². The maximum Gasteiger partial charge on any atom is 0.303 e. The molecular weight excluding hydrogens is 322 g/mol. The molecule has 0 radical (unpaired) electrons. The number of halogens is 1. The highest BCUT2D eigenvalue weighted by atomic mass is 79.9. The van der Waals surface area contributed by atoms with E-state index in [1.165, 1.54) is 0 Å². The third kappa shape index (κ3) is 4.03. The van der Waals surface area contributed by atoms with Crippen LogP contribution in [0.5, 0.6) is 0 Å². The number of anilines is 2. The van der Waals surface area contributed by atoms with E-state index in [1.54, 1.807) is 12.3 Å². The first-order chi connectivity index (χ1) is 9.54. The maximum atomic E-state index is 10.5. The summed E-state index contributed by atoms with van der Waals surface area (Å²) in [5, 5.41) is 11.8. The molecule has 0 unspecified atom stereocenters. The summed E-state index contributed by atoms with van der Waals surface area (Å²) in [5.74, 6) is 0.323. The van der Waals surface area contributed by atoms with E-state index in [0.717, 1.165) is 15.7 Å². The quantitative estimate of drug-likeness (QED) is 0.876. The number of hydrogen-bond acceptors (Lipinski definition) is 4. The van der Waals surface area contributed by atoms with Gasteiger partial charge in [0, 0.05) is 22.8 Å². The highest BCUT2D eigenvalue weighted by molar-refractivity contribution is 9.10. The molecule has 5 nitrogen and oxygen atoms in total. The van der Waals surface area contributed by atoms with Crippen LogP contribution >= 0.6 is 15.9 Å². The van der Waals surface area contributed by atoms with Crippen LogP contribution in [0.15, 0.2) is 34.9 Å². The molecule has 6 heteroatoms. The lowest BCUT2D eigenvalue weighted by atomic mass is 10.2. The summed E-state index contributed by atoms with van der Waals surface area (Å²) in [6, 6.07) is 7.66. The van der Waals surface area contributed by atoms with E-state index >= 15 is 0 Å². The lowest BCUT2D eigenvalue weighted by molar-refractivity contribution is -0.137. The van der Waals surface area contributed by atoms with Gasteiger partial charge in [0.25, 0.3) is 0 Å². The highest BCUT2D eigenvalue weighted by Gasteiger charge is 2.04. The standard InChI is InChI=1S/C14H14BrN3O2/c1-9-8-10(2-3-11(9)15)17-13-6-7-16-12(18-13)4-5-14(19)20/h2-3,6-8H,4-5H2,1H3,(H,19,20)(H,16,17,18). The third-order valence-corrected chi connectivity index (χ3v) is 3.59. The van der Waals surface area contributed by atoms with Gasteiger partial charge in [-0.05, 0) is 36.8 Å². The Kier molecular flexibility index (Phi) is 4.68. The number of nitrogens with zero attached hydrogens (tertiary/aromatic N) is 2. The summed E-state index contributed by atoms with van der Waals surface area (Å²) in [4.78, 5) is 18.9. The first kappa shape index (κ1) is 14.5. The zero-order valence-electron chi connectivity index (χ0n) is 10.9. The van der Waals surface area contributed by atoms with Crippen molar-refractivity contribution >= 4 is 33.4 Å². The van der Waals surface area contributed by atoms with Crippen LogP contribution in [-0.4, -0.2) is 21.0 Å². The number of carboxylic acids is 1. The second kappa shape index (κ2) is 6.47. The Labute approximate surface area is 125 Å². The topological polar surface area (TPSA) is 75.1 Å². The fourth-order valence-corrected chi connectivity index (χ4v) is 1.92. The Morgan fingerprint density at radius 1 is 1.40 bits per heavy atom. The van der Waals surface area contributed by atoms with Gasteiger partial charge in [0.2, 0.25) is 0 Å². The second-order valence-corrected chi connectivity index (χ2v) is 5.20. The average Bonchev–Trinajstić information content (AvgIpc) is 2.41. The summed E-state index contributed by atoms with van der Waals surface area (Å²) in [5.41, 5.74) is 2.05. The molecule has 0 aliphatic carbocycles. The van der Waals surface area contributed by atoms with E-state index in [2.05, 4.69) is 31.2 Å². The van der Waals surface area contributed by atoms with Gasteiger partial charge in [0.05, 0.1) is 6.42 Å². The number of rotatable bonds is 5. The maximum absolute atomic E-state index is 10.5. The van der Waals surface area contributed by atoms with E-state index in [0.29, 0.717) is 18.1 Å². The molecule has 0 saturated carbocycles. The summed E-state index contributed by atoms with van der Waals surface area (Å²) in [7, 11) is 0. The van der Waals surface area contributed by atoms with Crippen molar-refractivity contribution in [1.29, 1.82) is 0 Å². The summed E-state index contributed by atoms with van der Waals surface area (Å²) >= 11 is 3.45. The van der Waals surface area contributed by atoms with E-state index < -0.39 is 5.97 Å². The van der Waals surface area contributed by atoms with Gasteiger partial charge in [-0.3, -0.25) is 4.79 Å². The predicted octanol–water partition coefficient (Wildman–Crippen LogP) is 3.31. The van der Waals surface area contributed by atoms with Crippen molar-refractivity contribution in [3.63, 3.8) is 0 Å². The number of carbonyl (C=O) groups is 1. The van der Waals surface area contributed by atoms with Crippen LogP contribution < -0.4 is 5.32 Å². The molecule has 2 aromatic rings. The summed E-state index contributed by atoms with van der Waals surface area (Å²) in [6.45, 7) is 2.01. The van der Waals surface area contributed by atoms with Crippen LogP contribution in [0.1, 0.15) is 17.8 Å². The monoisotopic (exact) mass is 335 g/mol. The summed E-state index contributed by atoms with van der Waals surface area (Å²) in [6.07, 6.45) is 1.98. The summed E-state index contributed by atoms with van der Waals surface area (Å²) < 4.78 is 1.05. The number of aromatic nitrogens is 2. The molecular formula is C14H14BrN3O2. The Morgan fingerprint density at radius 3 is 2.90 bits per heavy atom. The third-order valence-electron chi connectivity index (χ3n) is 2.70. The van der Waals surface area contributed by atoms with Crippen molar-refractivity contribution in [2.75, 3.05) is 5.32 Å². The van der Waals surface area contributed by atoms with Crippen molar-refractivity contribution in [2.24, 2.45) is 0 Å². The second-order valence-electron chi connectivity index (χ2n) is 4.34. The van der Waals surface area contributed by atoms with Crippen LogP contribution in [0.2, 0.25) is 0 Å². The molecule has 1 heterocycles. The van der Waals surface area contributed by atoms with Crippen LogP contribution in [0.4, 0.5) is 11.5 Å². The van der Waals surface area contributed by atoms with Gasteiger partial charge < -0.3 is 10.4 Å². The number of aryl methyl sites for hydroxylation is 2. The molecule has 0 aliphatic heterocycles. The van der Waals surface area contributed by atoms with Crippen molar-refractivity contribution in [3.05, 3.63) is 46.3 Å². The Bertz CT molecular complexity index is 632. The molecule has 2 N–H and O–H groups in total. The zero-order valence-corrected chi connectivity index (χ0v) is 12.5. The molecule has 0 amide bonds. The fraction of sp³-hybridized carbons (Fsp3) is 0.214. The number of carboxylic acid groups (broad SMARTS) is 1. The van der Waals surface area contributed by atoms with Gasteiger partial charge in [0.1, 0.15) is 11.6 Å². The van der Waals surface area contributed by atoms with Crippen LogP contribution in [-0.2, 0) is 11.2 Å². The van der Waals surface area contributed by atoms with E-state index in [9.17, 15) is 4.79 Å². The Morgan fingerprint density at radius 2 is 2.20 bits per heavy atom. The number of aliphatic carboxylic acids is 1. The number of benzene rings is 1. The van der Waals surface area contributed by atoms with Gasteiger partial charge in [-0.1, -0.05) is 15.9 Å². The first-order valence-electron chi connectivity index (χ1n) is 6.11. The van der Waals surface area contributed by atoms with Gasteiger partial charge in [-0.15, -0.1) is 0 Å².